The molecule has 1 saturated heterocycles. The molecule has 0 amide bonds. The molecule has 3 heteroatoms. The zero-order chi connectivity index (χ0) is 12.7. The lowest BCUT2D eigenvalue weighted by Gasteiger charge is -2.22. The summed E-state index contributed by atoms with van der Waals surface area (Å²) in [6.45, 7) is 6.70. The van der Waals surface area contributed by atoms with Crippen LogP contribution in [0.25, 0.3) is 10.1 Å². The maximum atomic E-state index is 6.12. The number of hydrogen-bond acceptors (Lipinski definition) is 3. The smallest absolute Gasteiger partial charge is 0.0414 e. The number of nitrogens with zero attached hydrogens (tertiary/aromatic N) is 1. The molecule has 2 nitrogen and oxygen atoms in total. The minimum Gasteiger partial charge on any atom is -0.326 e. The van der Waals surface area contributed by atoms with Crippen molar-refractivity contribution in [1.29, 1.82) is 0 Å². The third-order valence-electron chi connectivity index (χ3n) is 4.10. The highest BCUT2D eigenvalue weighted by molar-refractivity contribution is 7.19. The van der Waals surface area contributed by atoms with Crippen LogP contribution in [0.2, 0.25) is 0 Å². The normalized spacial score (nSPS) is 26.8. The minimum atomic E-state index is 0.335. The van der Waals surface area contributed by atoms with Gasteiger partial charge < -0.3 is 5.73 Å². The summed E-state index contributed by atoms with van der Waals surface area (Å²) >= 11 is 1.91. The maximum absolute atomic E-state index is 6.12. The molecule has 3 atom stereocenters. The molecule has 0 spiro atoms. The highest BCUT2D eigenvalue weighted by Gasteiger charge is 2.30. The fraction of sp³-hybridized carbons (Fsp3) is 0.467. The Morgan fingerprint density at radius 1 is 1.33 bits per heavy atom. The second-order valence-corrected chi connectivity index (χ2v) is 6.57. The number of thiophene rings is 1. The Kier molecular flexibility index (Phi) is 3.14. The minimum absolute atomic E-state index is 0.335. The molecular weight excluding hydrogens is 240 g/mol. The van der Waals surface area contributed by atoms with Gasteiger partial charge in [0.05, 0.1) is 0 Å². The Morgan fingerprint density at radius 2 is 2.11 bits per heavy atom. The molecule has 1 aromatic heterocycles. The van der Waals surface area contributed by atoms with Crippen molar-refractivity contribution in [2.24, 2.45) is 11.7 Å². The molecule has 0 saturated carbocycles. The molecule has 96 valence electrons. The van der Waals surface area contributed by atoms with Crippen molar-refractivity contribution in [2.45, 2.75) is 25.9 Å². The lowest BCUT2D eigenvalue weighted by molar-refractivity contribution is 0.257. The predicted molar refractivity (Wildman–Crippen MR) is 79.0 cm³/mol. The molecular formula is C15H20N2S. The molecule has 2 heterocycles. The number of fused-ring (bicyclic) bond motifs is 1. The molecule has 3 rings (SSSR count). The topological polar surface area (TPSA) is 29.3 Å². The second-order valence-electron chi connectivity index (χ2n) is 5.46. The second kappa shape index (κ2) is 4.65. The van der Waals surface area contributed by atoms with Gasteiger partial charge in [-0.15, -0.1) is 11.3 Å². The van der Waals surface area contributed by atoms with Gasteiger partial charge in [0.15, 0.2) is 0 Å². The fourth-order valence-electron chi connectivity index (χ4n) is 2.74. The number of likely N-dealkylation sites (tertiary alicyclic amines) is 1. The first-order chi connectivity index (χ1) is 8.65. The van der Waals surface area contributed by atoms with E-state index in [1.165, 1.54) is 15.0 Å². The average Bonchev–Trinajstić information content (AvgIpc) is 2.93. The van der Waals surface area contributed by atoms with E-state index in [9.17, 15) is 0 Å². The van der Waals surface area contributed by atoms with E-state index in [2.05, 4.69) is 49.1 Å². The van der Waals surface area contributed by atoms with Crippen LogP contribution >= 0.6 is 11.3 Å². The van der Waals surface area contributed by atoms with Crippen LogP contribution in [-0.2, 0) is 0 Å². The molecule has 1 aliphatic rings. The van der Waals surface area contributed by atoms with Gasteiger partial charge in [0.25, 0.3) is 0 Å². The van der Waals surface area contributed by atoms with E-state index < -0.39 is 0 Å². The standard InChI is InChI=1S/C15H20N2S/c1-10-8-17(9-13(10)16)11(2)15-7-12-5-3-4-6-14(12)18-15/h3-7,10-11,13H,8-9,16H2,1-2H3. The van der Waals surface area contributed by atoms with Crippen LogP contribution in [0.3, 0.4) is 0 Å². The van der Waals surface area contributed by atoms with Crippen molar-refractivity contribution in [1.82, 2.24) is 4.90 Å². The Labute approximate surface area is 112 Å². The van der Waals surface area contributed by atoms with E-state index in [-0.39, 0.29) is 0 Å². The van der Waals surface area contributed by atoms with Gasteiger partial charge in [0, 0.05) is 34.8 Å². The number of rotatable bonds is 2. The highest BCUT2D eigenvalue weighted by Crippen LogP contribution is 2.34. The van der Waals surface area contributed by atoms with Crippen LogP contribution in [0.15, 0.2) is 30.3 Å². The van der Waals surface area contributed by atoms with Gasteiger partial charge in [0.2, 0.25) is 0 Å². The van der Waals surface area contributed by atoms with Crippen molar-refractivity contribution in [3.63, 3.8) is 0 Å². The maximum Gasteiger partial charge on any atom is 0.0414 e. The molecule has 1 aliphatic heterocycles. The zero-order valence-electron chi connectivity index (χ0n) is 11.0. The van der Waals surface area contributed by atoms with Crippen LogP contribution in [0.4, 0.5) is 0 Å². The van der Waals surface area contributed by atoms with Crippen LogP contribution < -0.4 is 5.73 Å². The van der Waals surface area contributed by atoms with Gasteiger partial charge in [-0.05, 0) is 30.4 Å². The molecule has 3 unspecified atom stereocenters. The van der Waals surface area contributed by atoms with Crippen molar-refractivity contribution in [3.8, 4) is 0 Å². The summed E-state index contributed by atoms with van der Waals surface area (Å²) in [6, 6.07) is 11.8. The molecule has 2 aromatic rings. The van der Waals surface area contributed by atoms with Crippen LogP contribution in [-0.4, -0.2) is 24.0 Å². The van der Waals surface area contributed by atoms with Gasteiger partial charge >= 0.3 is 0 Å². The summed E-state index contributed by atoms with van der Waals surface area (Å²) < 4.78 is 1.39. The zero-order valence-corrected chi connectivity index (χ0v) is 11.8. The highest BCUT2D eigenvalue weighted by atomic mass is 32.1. The van der Waals surface area contributed by atoms with Crippen molar-refractivity contribution < 1.29 is 0 Å². The van der Waals surface area contributed by atoms with E-state index in [4.69, 9.17) is 5.73 Å². The van der Waals surface area contributed by atoms with Gasteiger partial charge in [-0.3, -0.25) is 4.90 Å². The summed E-state index contributed by atoms with van der Waals surface area (Å²) in [5.74, 6) is 0.613. The van der Waals surface area contributed by atoms with E-state index in [0.29, 0.717) is 18.0 Å². The summed E-state index contributed by atoms with van der Waals surface area (Å²) in [5, 5.41) is 1.36. The third-order valence-corrected chi connectivity index (χ3v) is 5.39. The van der Waals surface area contributed by atoms with Crippen LogP contribution in [0.1, 0.15) is 24.8 Å². The largest absolute Gasteiger partial charge is 0.326 e. The monoisotopic (exact) mass is 260 g/mol. The molecule has 0 radical (unpaired) electrons. The van der Waals surface area contributed by atoms with E-state index in [1.54, 1.807) is 0 Å². The first-order valence-corrected chi connectivity index (χ1v) is 7.45. The molecule has 2 N–H and O–H groups in total. The summed E-state index contributed by atoms with van der Waals surface area (Å²) in [4.78, 5) is 3.97. The molecule has 1 aromatic carbocycles. The molecule has 0 bridgehead atoms. The average molecular weight is 260 g/mol. The molecule has 1 fully saturated rings. The third kappa shape index (κ3) is 2.07. The predicted octanol–water partition coefficient (Wildman–Crippen LogP) is 3.24. The van der Waals surface area contributed by atoms with Crippen molar-refractivity contribution >= 4 is 21.4 Å². The number of hydrogen-bond donors (Lipinski definition) is 1. The first-order valence-electron chi connectivity index (χ1n) is 6.63. The number of benzene rings is 1. The quantitative estimate of drug-likeness (QED) is 0.898. The SMILES string of the molecule is CC1CN(C(C)c2cc3ccccc3s2)CC1N. The van der Waals surface area contributed by atoms with E-state index in [1.807, 2.05) is 11.3 Å². The fourth-order valence-corrected chi connectivity index (χ4v) is 3.89. The van der Waals surface area contributed by atoms with Crippen molar-refractivity contribution in [2.75, 3.05) is 13.1 Å². The van der Waals surface area contributed by atoms with Gasteiger partial charge in [-0.25, -0.2) is 0 Å². The lowest BCUT2D eigenvalue weighted by Crippen LogP contribution is -2.29. The van der Waals surface area contributed by atoms with Crippen LogP contribution in [0, 0.1) is 5.92 Å². The van der Waals surface area contributed by atoms with E-state index >= 15 is 0 Å². The summed E-state index contributed by atoms with van der Waals surface area (Å²) in [7, 11) is 0. The summed E-state index contributed by atoms with van der Waals surface area (Å²) in [5.41, 5.74) is 6.12. The Bertz CT molecular complexity index is 505. The van der Waals surface area contributed by atoms with E-state index in [0.717, 1.165) is 13.1 Å². The van der Waals surface area contributed by atoms with Gasteiger partial charge in [-0.2, -0.15) is 0 Å². The first kappa shape index (κ1) is 12.2. The van der Waals surface area contributed by atoms with Gasteiger partial charge in [-0.1, -0.05) is 25.1 Å². The lowest BCUT2D eigenvalue weighted by atomic mass is 10.1. The molecule has 0 aliphatic carbocycles. The van der Waals surface area contributed by atoms with Gasteiger partial charge in [0.1, 0.15) is 0 Å². The Morgan fingerprint density at radius 3 is 2.78 bits per heavy atom. The summed E-state index contributed by atoms with van der Waals surface area (Å²) in [6.07, 6.45) is 0. The van der Waals surface area contributed by atoms with Crippen LogP contribution in [0.5, 0.6) is 0 Å². The van der Waals surface area contributed by atoms with Crippen molar-refractivity contribution in [3.05, 3.63) is 35.2 Å². The number of nitrogens with two attached hydrogens (primary N) is 1. The Balaban J connectivity index is 1.86. The Hall–Kier alpha value is -0.900. The molecule has 18 heavy (non-hydrogen) atoms.